The number of aromatic hydroxyl groups is 1. The van der Waals surface area contributed by atoms with Gasteiger partial charge in [-0.15, -0.1) is 0 Å². The number of halogens is 3. The molecule has 0 fully saturated rings. The number of aliphatic carboxylic acids is 1. The molecule has 0 saturated heterocycles. The first kappa shape index (κ1) is 21.0. The van der Waals surface area contributed by atoms with Gasteiger partial charge in [0.15, 0.2) is 0 Å². The minimum atomic E-state index is -4.38. The Morgan fingerprint density at radius 2 is 1.70 bits per heavy atom. The molecule has 0 atom stereocenters. The molecule has 0 radical (unpaired) electrons. The van der Waals surface area contributed by atoms with E-state index in [0.29, 0.717) is 16.9 Å². The maximum absolute atomic E-state index is 12.7. The summed E-state index contributed by atoms with van der Waals surface area (Å²) in [6.45, 7) is 0.179. The molecular weight excluding hydrogens is 397 g/mol. The van der Waals surface area contributed by atoms with Gasteiger partial charge in [-0.3, -0.25) is 0 Å². The summed E-state index contributed by atoms with van der Waals surface area (Å²) in [5.74, 6) is -0.855. The second-order valence-electron chi connectivity index (χ2n) is 6.46. The molecule has 0 saturated carbocycles. The van der Waals surface area contributed by atoms with Crippen LogP contribution in [0.2, 0.25) is 0 Å². The van der Waals surface area contributed by atoms with Crippen molar-refractivity contribution in [2.24, 2.45) is 0 Å². The first-order chi connectivity index (χ1) is 14.2. The van der Waals surface area contributed by atoms with Gasteiger partial charge in [0.2, 0.25) is 0 Å². The Hall–Kier alpha value is -3.74. The van der Waals surface area contributed by atoms with Crippen molar-refractivity contribution in [1.82, 2.24) is 0 Å². The Kier molecular flexibility index (Phi) is 6.11. The summed E-state index contributed by atoms with van der Waals surface area (Å²) in [5, 5.41) is 18.6. The molecule has 0 aliphatic rings. The number of benzene rings is 3. The van der Waals surface area contributed by atoms with Gasteiger partial charge in [-0.1, -0.05) is 30.3 Å². The molecule has 7 heteroatoms. The minimum Gasteiger partial charge on any atom is -0.507 e. The number of hydrogen-bond donors (Lipinski definition) is 2. The van der Waals surface area contributed by atoms with E-state index in [9.17, 15) is 23.1 Å². The second-order valence-corrected chi connectivity index (χ2v) is 6.46. The summed E-state index contributed by atoms with van der Waals surface area (Å²) >= 11 is 0. The van der Waals surface area contributed by atoms with Gasteiger partial charge < -0.3 is 14.9 Å². The predicted octanol–water partition coefficient (Wildman–Crippen LogP) is 5.75. The maximum atomic E-state index is 12.7. The summed E-state index contributed by atoms with van der Waals surface area (Å²) in [6, 6.07) is 16.6. The van der Waals surface area contributed by atoms with E-state index in [1.807, 2.05) is 12.1 Å². The van der Waals surface area contributed by atoms with Gasteiger partial charge in [0.05, 0.1) is 5.56 Å². The lowest BCUT2D eigenvalue weighted by atomic mass is 10.0. The highest BCUT2D eigenvalue weighted by molar-refractivity contribution is 5.85. The van der Waals surface area contributed by atoms with Crippen LogP contribution in [0.3, 0.4) is 0 Å². The summed E-state index contributed by atoms with van der Waals surface area (Å²) in [6.07, 6.45) is -2.18. The molecule has 2 N–H and O–H groups in total. The Morgan fingerprint density at radius 1 is 0.967 bits per heavy atom. The SMILES string of the molecule is O=C(O)C=Cc1ccc(OCc2cccc(-c3ccc(C(F)(F)F)cc3)c2)cc1O. The molecule has 0 aliphatic carbocycles. The molecule has 30 heavy (non-hydrogen) atoms. The van der Waals surface area contributed by atoms with Crippen LogP contribution in [0.4, 0.5) is 13.2 Å². The van der Waals surface area contributed by atoms with Crippen LogP contribution in [0.1, 0.15) is 16.7 Å². The van der Waals surface area contributed by atoms with Crippen LogP contribution in [0, 0.1) is 0 Å². The van der Waals surface area contributed by atoms with Gasteiger partial charge in [0, 0.05) is 17.7 Å². The number of carboxylic acid groups (broad SMARTS) is 1. The number of hydrogen-bond acceptors (Lipinski definition) is 3. The molecule has 0 spiro atoms. The maximum Gasteiger partial charge on any atom is 0.416 e. The van der Waals surface area contributed by atoms with Crippen LogP contribution in [0.5, 0.6) is 11.5 Å². The Morgan fingerprint density at radius 3 is 2.33 bits per heavy atom. The molecule has 154 valence electrons. The smallest absolute Gasteiger partial charge is 0.416 e. The first-order valence-corrected chi connectivity index (χ1v) is 8.86. The number of carboxylic acids is 1. The van der Waals surface area contributed by atoms with Crippen LogP contribution in [0.25, 0.3) is 17.2 Å². The molecule has 0 aromatic heterocycles. The number of ether oxygens (including phenoxy) is 1. The summed E-state index contributed by atoms with van der Waals surface area (Å²) in [5.41, 5.74) is 1.84. The predicted molar refractivity (Wildman–Crippen MR) is 106 cm³/mol. The van der Waals surface area contributed by atoms with E-state index in [1.165, 1.54) is 30.3 Å². The van der Waals surface area contributed by atoms with Gasteiger partial charge in [-0.2, -0.15) is 13.2 Å². The molecule has 0 unspecified atom stereocenters. The normalized spacial score (nSPS) is 11.6. The monoisotopic (exact) mass is 414 g/mol. The molecule has 0 aliphatic heterocycles. The fourth-order valence-electron chi connectivity index (χ4n) is 2.77. The zero-order valence-corrected chi connectivity index (χ0v) is 15.6. The van der Waals surface area contributed by atoms with Crippen molar-refractivity contribution < 1.29 is 32.9 Å². The minimum absolute atomic E-state index is 0.122. The van der Waals surface area contributed by atoms with Gasteiger partial charge >= 0.3 is 12.1 Å². The Balaban J connectivity index is 1.70. The number of rotatable bonds is 6. The van der Waals surface area contributed by atoms with E-state index >= 15 is 0 Å². The van der Waals surface area contributed by atoms with Crippen LogP contribution in [-0.2, 0) is 17.6 Å². The van der Waals surface area contributed by atoms with Gasteiger partial charge in [-0.25, -0.2) is 4.79 Å². The van der Waals surface area contributed by atoms with Crippen molar-refractivity contribution in [2.75, 3.05) is 0 Å². The molecule has 3 rings (SSSR count). The number of alkyl halides is 3. The lowest BCUT2D eigenvalue weighted by molar-refractivity contribution is -0.137. The molecule has 4 nitrogen and oxygen atoms in total. The van der Waals surface area contributed by atoms with Gasteiger partial charge in [0.25, 0.3) is 0 Å². The van der Waals surface area contributed by atoms with Gasteiger partial charge in [0.1, 0.15) is 18.1 Å². The van der Waals surface area contributed by atoms with E-state index in [-0.39, 0.29) is 12.4 Å². The third-order valence-electron chi connectivity index (χ3n) is 4.29. The zero-order valence-electron chi connectivity index (χ0n) is 15.6. The van der Waals surface area contributed by atoms with Crippen molar-refractivity contribution in [3.63, 3.8) is 0 Å². The van der Waals surface area contributed by atoms with E-state index < -0.39 is 17.7 Å². The largest absolute Gasteiger partial charge is 0.507 e. The van der Waals surface area contributed by atoms with Crippen LogP contribution < -0.4 is 4.74 Å². The van der Waals surface area contributed by atoms with Crippen molar-refractivity contribution in [3.05, 3.63) is 89.5 Å². The van der Waals surface area contributed by atoms with E-state index in [4.69, 9.17) is 9.84 Å². The summed E-state index contributed by atoms with van der Waals surface area (Å²) < 4.78 is 43.8. The molecule has 0 bridgehead atoms. The van der Waals surface area contributed by atoms with E-state index in [1.54, 1.807) is 18.2 Å². The van der Waals surface area contributed by atoms with E-state index in [0.717, 1.165) is 29.3 Å². The quantitative estimate of drug-likeness (QED) is 0.504. The molecule has 3 aromatic carbocycles. The molecule has 0 amide bonds. The number of phenolic OH excluding ortho intramolecular Hbond substituents is 1. The fourth-order valence-corrected chi connectivity index (χ4v) is 2.77. The number of phenols is 1. The molecule has 3 aromatic rings. The van der Waals surface area contributed by atoms with Crippen molar-refractivity contribution in [3.8, 4) is 22.6 Å². The lowest BCUT2D eigenvalue weighted by Crippen LogP contribution is -2.04. The third kappa shape index (κ3) is 5.41. The topological polar surface area (TPSA) is 66.8 Å². The summed E-state index contributed by atoms with van der Waals surface area (Å²) in [7, 11) is 0. The Bertz CT molecular complexity index is 1070. The average molecular weight is 414 g/mol. The molecule has 0 heterocycles. The van der Waals surface area contributed by atoms with Crippen molar-refractivity contribution >= 4 is 12.0 Å². The van der Waals surface area contributed by atoms with Crippen LogP contribution in [0.15, 0.2) is 72.8 Å². The van der Waals surface area contributed by atoms with Crippen LogP contribution in [-0.4, -0.2) is 16.2 Å². The zero-order chi connectivity index (χ0) is 21.7. The van der Waals surface area contributed by atoms with Crippen molar-refractivity contribution in [2.45, 2.75) is 12.8 Å². The average Bonchev–Trinajstić information content (AvgIpc) is 2.71. The van der Waals surface area contributed by atoms with Crippen molar-refractivity contribution in [1.29, 1.82) is 0 Å². The van der Waals surface area contributed by atoms with E-state index in [2.05, 4.69) is 0 Å². The highest BCUT2D eigenvalue weighted by atomic mass is 19.4. The van der Waals surface area contributed by atoms with Gasteiger partial charge in [-0.05, 0) is 53.1 Å². The second kappa shape index (κ2) is 8.73. The number of carbonyl (C=O) groups is 1. The first-order valence-electron chi connectivity index (χ1n) is 8.86. The standard InChI is InChI=1S/C23H17F3O4/c24-23(25,26)19-8-4-16(5-9-19)18-3-1-2-15(12-18)14-30-20-10-6-17(21(27)13-20)7-11-22(28)29/h1-13,27H,14H2,(H,28,29). The lowest BCUT2D eigenvalue weighted by Gasteiger charge is -2.10. The molecular formula is C23H17F3O4. The Labute approximate surface area is 170 Å². The van der Waals surface area contributed by atoms with Crippen LogP contribution >= 0.6 is 0 Å². The highest BCUT2D eigenvalue weighted by Crippen LogP contribution is 2.31. The fraction of sp³-hybridized carbons (Fsp3) is 0.0870. The third-order valence-corrected chi connectivity index (χ3v) is 4.29. The summed E-state index contributed by atoms with van der Waals surface area (Å²) in [4.78, 5) is 10.6. The highest BCUT2D eigenvalue weighted by Gasteiger charge is 2.29.